The van der Waals surface area contributed by atoms with E-state index in [4.69, 9.17) is 9.47 Å². The average Bonchev–Trinajstić information content (AvgIpc) is 3.34. The van der Waals surface area contributed by atoms with Crippen LogP contribution in [0.25, 0.3) is 0 Å². The third-order valence-corrected chi connectivity index (χ3v) is 5.06. The maximum absolute atomic E-state index is 12.7. The van der Waals surface area contributed by atoms with Crippen molar-refractivity contribution in [2.24, 2.45) is 5.92 Å². The number of ether oxygens (including phenoxy) is 2. The Kier molecular flexibility index (Phi) is 5.07. The molecule has 150 valence electrons. The zero-order valence-corrected chi connectivity index (χ0v) is 15.5. The molecule has 0 bridgehead atoms. The van der Waals surface area contributed by atoms with E-state index in [9.17, 15) is 19.5 Å². The van der Waals surface area contributed by atoms with Gasteiger partial charge in [-0.2, -0.15) is 0 Å². The topological polar surface area (TPSA) is 105 Å². The maximum Gasteiger partial charge on any atom is 0.326 e. The SMILES string of the molecule is O=C(N[C@@H](Cc1ccccc1)C(=O)O)C1CC(=O)N(c2ccc3c(c2)OCO3)C1. The molecule has 0 saturated carbocycles. The number of anilines is 1. The zero-order chi connectivity index (χ0) is 20.4. The lowest BCUT2D eigenvalue weighted by Gasteiger charge is -2.19. The van der Waals surface area contributed by atoms with Gasteiger partial charge >= 0.3 is 5.97 Å². The molecule has 2 aliphatic heterocycles. The number of amides is 2. The Hall–Kier alpha value is -3.55. The van der Waals surface area contributed by atoms with Crippen molar-refractivity contribution in [1.29, 1.82) is 0 Å². The van der Waals surface area contributed by atoms with E-state index in [2.05, 4.69) is 5.32 Å². The molecule has 2 aliphatic rings. The van der Waals surface area contributed by atoms with Gasteiger partial charge in [-0.3, -0.25) is 9.59 Å². The molecule has 29 heavy (non-hydrogen) atoms. The highest BCUT2D eigenvalue weighted by Gasteiger charge is 2.37. The van der Waals surface area contributed by atoms with Gasteiger partial charge in [-0.05, 0) is 17.7 Å². The Morgan fingerprint density at radius 3 is 2.66 bits per heavy atom. The van der Waals surface area contributed by atoms with Crippen molar-refractivity contribution in [3.63, 3.8) is 0 Å². The number of benzene rings is 2. The van der Waals surface area contributed by atoms with Crippen LogP contribution in [0.1, 0.15) is 12.0 Å². The molecular weight excluding hydrogens is 376 g/mol. The first-order valence-electron chi connectivity index (χ1n) is 9.28. The van der Waals surface area contributed by atoms with Crippen LogP contribution in [0.3, 0.4) is 0 Å². The van der Waals surface area contributed by atoms with Gasteiger partial charge in [-0.15, -0.1) is 0 Å². The van der Waals surface area contributed by atoms with E-state index in [0.29, 0.717) is 17.2 Å². The Labute approximate surface area is 167 Å². The quantitative estimate of drug-likeness (QED) is 0.768. The molecule has 2 atom stereocenters. The molecule has 0 aliphatic carbocycles. The molecule has 0 aromatic heterocycles. The standard InChI is InChI=1S/C21H20N2O6/c24-19-9-14(11-23(19)15-6-7-17-18(10-15)29-12-28-17)20(25)22-16(21(26)27)8-13-4-2-1-3-5-13/h1-7,10,14,16H,8-9,11-12H2,(H,22,25)(H,26,27)/t14?,16-/m0/s1. The Balaban J connectivity index is 1.42. The highest BCUT2D eigenvalue weighted by molar-refractivity contribution is 6.01. The first-order chi connectivity index (χ1) is 14.0. The summed E-state index contributed by atoms with van der Waals surface area (Å²) >= 11 is 0. The van der Waals surface area contributed by atoms with Gasteiger partial charge < -0.3 is 24.8 Å². The number of hydrogen-bond acceptors (Lipinski definition) is 5. The number of carboxylic acid groups (broad SMARTS) is 1. The van der Waals surface area contributed by atoms with Crippen molar-refractivity contribution in [2.45, 2.75) is 18.9 Å². The van der Waals surface area contributed by atoms with E-state index in [1.54, 1.807) is 18.2 Å². The molecule has 4 rings (SSSR count). The lowest BCUT2D eigenvalue weighted by atomic mass is 10.0. The van der Waals surface area contributed by atoms with Gasteiger partial charge in [-0.25, -0.2) is 4.79 Å². The van der Waals surface area contributed by atoms with E-state index in [1.165, 1.54) is 4.90 Å². The predicted octanol–water partition coefficient (Wildman–Crippen LogP) is 1.58. The van der Waals surface area contributed by atoms with E-state index >= 15 is 0 Å². The van der Waals surface area contributed by atoms with Crippen LogP contribution in [0.15, 0.2) is 48.5 Å². The summed E-state index contributed by atoms with van der Waals surface area (Å²) in [5, 5.41) is 12.1. The van der Waals surface area contributed by atoms with Gasteiger partial charge in [0.25, 0.3) is 0 Å². The fourth-order valence-corrected chi connectivity index (χ4v) is 3.53. The average molecular weight is 396 g/mol. The van der Waals surface area contributed by atoms with Crippen molar-refractivity contribution >= 4 is 23.5 Å². The van der Waals surface area contributed by atoms with Gasteiger partial charge in [0.2, 0.25) is 18.6 Å². The number of nitrogens with one attached hydrogen (secondary N) is 1. The van der Waals surface area contributed by atoms with Crippen molar-refractivity contribution in [1.82, 2.24) is 5.32 Å². The van der Waals surface area contributed by atoms with Crippen LogP contribution in [0.4, 0.5) is 5.69 Å². The fraction of sp³-hybridized carbons (Fsp3) is 0.286. The molecule has 2 aromatic rings. The summed E-state index contributed by atoms with van der Waals surface area (Å²) in [5.74, 6) is -1.20. The summed E-state index contributed by atoms with van der Waals surface area (Å²) in [6.07, 6.45) is 0.201. The Morgan fingerprint density at radius 2 is 1.90 bits per heavy atom. The molecule has 8 heteroatoms. The van der Waals surface area contributed by atoms with Gasteiger partial charge in [0.15, 0.2) is 11.5 Å². The number of carbonyl (C=O) groups excluding carboxylic acids is 2. The van der Waals surface area contributed by atoms with Gasteiger partial charge in [0.05, 0.1) is 5.92 Å². The van der Waals surface area contributed by atoms with Crippen LogP contribution in [-0.2, 0) is 20.8 Å². The van der Waals surface area contributed by atoms with Crippen LogP contribution in [0.5, 0.6) is 11.5 Å². The van der Waals surface area contributed by atoms with Crippen LogP contribution in [0.2, 0.25) is 0 Å². The predicted molar refractivity (Wildman–Crippen MR) is 103 cm³/mol. The Bertz CT molecular complexity index is 945. The van der Waals surface area contributed by atoms with E-state index in [0.717, 1.165) is 5.56 Å². The van der Waals surface area contributed by atoms with Crippen LogP contribution >= 0.6 is 0 Å². The second kappa shape index (κ2) is 7.83. The minimum Gasteiger partial charge on any atom is -0.480 e. The Morgan fingerprint density at radius 1 is 1.14 bits per heavy atom. The van der Waals surface area contributed by atoms with Gasteiger partial charge in [-0.1, -0.05) is 30.3 Å². The highest BCUT2D eigenvalue weighted by atomic mass is 16.7. The van der Waals surface area contributed by atoms with Crippen LogP contribution < -0.4 is 19.7 Å². The van der Waals surface area contributed by atoms with Crippen molar-refractivity contribution < 1.29 is 29.0 Å². The van der Waals surface area contributed by atoms with Crippen molar-refractivity contribution in [3.05, 3.63) is 54.1 Å². The fourth-order valence-electron chi connectivity index (χ4n) is 3.53. The molecule has 2 amide bonds. The van der Waals surface area contributed by atoms with E-state index < -0.39 is 23.8 Å². The zero-order valence-electron chi connectivity index (χ0n) is 15.5. The number of rotatable bonds is 6. The number of aliphatic carboxylic acids is 1. The summed E-state index contributed by atoms with van der Waals surface area (Å²) in [4.78, 5) is 38.2. The number of hydrogen-bond donors (Lipinski definition) is 2. The molecule has 1 unspecified atom stereocenters. The van der Waals surface area contributed by atoms with E-state index in [-0.39, 0.29) is 32.1 Å². The van der Waals surface area contributed by atoms with Crippen molar-refractivity contribution in [2.75, 3.05) is 18.2 Å². The summed E-state index contributed by atoms with van der Waals surface area (Å²) in [7, 11) is 0. The molecule has 2 heterocycles. The summed E-state index contributed by atoms with van der Waals surface area (Å²) in [6.45, 7) is 0.317. The third kappa shape index (κ3) is 4.01. The maximum atomic E-state index is 12.7. The lowest BCUT2D eigenvalue weighted by Crippen LogP contribution is -2.45. The monoisotopic (exact) mass is 396 g/mol. The molecule has 1 saturated heterocycles. The highest BCUT2D eigenvalue weighted by Crippen LogP contribution is 2.37. The number of carboxylic acids is 1. The molecule has 8 nitrogen and oxygen atoms in total. The second-order valence-corrected chi connectivity index (χ2v) is 7.03. The summed E-state index contributed by atoms with van der Waals surface area (Å²) < 4.78 is 10.6. The summed E-state index contributed by atoms with van der Waals surface area (Å²) in [5.41, 5.74) is 1.43. The first kappa shape index (κ1) is 18.8. The normalized spacial score (nSPS) is 18.6. The molecule has 2 N–H and O–H groups in total. The smallest absolute Gasteiger partial charge is 0.326 e. The van der Waals surface area contributed by atoms with Crippen molar-refractivity contribution in [3.8, 4) is 11.5 Å². The van der Waals surface area contributed by atoms with E-state index in [1.807, 2.05) is 30.3 Å². The molecular formula is C21H20N2O6. The molecule has 0 spiro atoms. The molecule has 0 radical (unpaired) electrons. The summed E-state index contributed by atoms with van der Waals surface area (Å²) in [6, 6.07) is 13.2. The minimum atomic E-state index is -1.11. The van der Waals surface area contributed by atoms with Gasteiger partial charge in [0, 0.05) is 31.1 Å². The largest absolute Gasteiger partial charge is 0.480 e. The second-order valence-electron chi connectivity index (χ2n) is 7.03. The lowest BCUT2D eigenvalue weighted by molar-refractivity contribution is -0.142. The number of nitrogens with zero attached hydrogens (tertiary/aromatic N) is 1. The van der Waals surface area contributed by atoms with Crippen LogP contribution in [0, 0.1) is 5.92 Å². The minimum absolute atomic E-state index is 0.0257. The molecule has 1 fully saturated rings. The van der Waals surface area contributed by atoms with Crippen LogP contribution in [-0.4, -0.2) is 42.3 Å². The molecule has 2 aromatic carbocycles. The third-order valence-electron chi connectivity index (χ3n) is 5.06. The number of carbonyl (C=O) groups is 3. The first-order valence-corrected chi connectivity index (χ1v) is 9.28. The number of fused-ring (bicyclic) bond motifs is 1. The van der Waals surface area contributed by atoms with Gasteiger partial charge in [0.1, 0.15) is 6.04 Å².